The summed E-state index contributed by atoms with van der Waals surface area (Å²) >= 11 is 9.28. The Labute approximate surface area is 130 Å². The van der Waals surface area contributed by atoms with E-state index in [0.29, 0.717) is 17.3 Å². The van der Waals surface area contributed by atoms with Crippen molar-refractivity contribution in [2.75, 3.05) is 5.32 Å². The first-order valence-corrected chi connectivity index (χ1v) is 7.07. The number of nitrogens with zero attached hydrogens (tertiary/aromatic N) is 1. The molecule has 0 aliphatic rings. The maximum Gasteiger partial charge on any atom is 0.292 e. The highest BCUT2D eigenvalue weighted by molar-refractivity contribution is 9.10. The van der Waals surface area contributed by atoms with E-state index in [9.17, 15) is 10.1 Å². The number of benzene rings is 2. The molecular weight excluding hydrogens is 344 g/mol. The summed E-state index contributed by atoms with van der Waals surface area (Å²) in [6.45, 7) is 2.31. The lowest BCUT2D eigenvalue weighted by molar-refractivity contribution is -0.384. The summed E-state index contributed by atoms with van der Waals surface area (Å²) in [5.41, 5.74) is 2.43. The third-order valence-electron chi connectivity index (χ3n) is 2.82. The van der Waals surface area contributed by atoms with Crippen LogP contribution >= 0.6 is 27.5 Å². The molecule has 0 spiro atoms. The number of aryl methyl sites for hydroxylation is 1. The zero-order valence-corrected chi connectivity index (χ0v) is 13.0. The summed E-state index contributed by atoms with van der Waals surface area (Å²) < 4.78 is 0.803. The van der Waals surface area contributed by atoms with E-state index in [1.54, 1.807) is 18.2 Å². The molecule has 0 aliphatic heterocycles. The third kappa shape index (κ3) is 3.49. The van der Waals surface area contributed by atoms with Gasteiger partial charge in [0.2, 0.25) is 0 Å². The molecule has 2 rings (SSSR count). The van der Waals surface area contributed by atoms with E-state index in [1.165, 1.54) is 0 Å². The molecule has 0 bridgehead atoms. The SMILES string of the molecule is Cc1ccc(NCc2ccc(Cl)c(Br)c2)c([N+](=O)[O-])c1. The van der Waals surface area contributed by atoms with Crippen LogP contribution in [-0.2, 0) is 6.54 Å². The first kappa shape index (κ1) is 14.8. The van der Waals surface area contributed by atoms with E-state index in [-0.39, 0.29) is 10.6 Å². The van der Waals surface area contributed by atoms with Gasteiger partial charge in [0.1, 0.15) is 5.69 Å². The van der Waals surface area contributed by atoms with Gasteiger partial charge in [-0.25, -0.2) is 0 Å². The summed E-state index contributed by atoms with van der Waals surface area (Å²) in [5.74, 6) is 0. The van der Waals surface area contributed by atoms with Gasteiger partial charge >= 0.3 is 0 Å². The Morgan fingerprint density at radius 3 is 2.70 bits per heavy atom. The molecule has 0 heterocycles. The summed E-state index contributed by atoms with van der Waals surface area (Å²) in [6.07, 6.45) is 0. The standard InChI is InChI=1S/C14H12BrClN2O2/c1-9-2-5-13(14(6-9)18(19)20)17-8-10-3-4-12(16)11(15)7-10/h2-7,17H,8H2,1H3. The minimum absolute atomic E-state index is 0.0815. The van der Waals surface area contributed by atoms with Gasteiger partial charge in [0.25, 0.3) is 5.69 Å². The number of halogens is 2. The van der Waals surface area contributed by atoms with E-state index in [1.807, 2.05) is 25.1 Å². The van der Waals surface area contributed by atoms with Crippen molar-refractivity contribution in [3.63, 3.8) is 0 Å². The van der Waals surface area contributed by atoms with Gasteiger partial charge < -0.3 is 5.32 Å². The Morgan fingerprint density at radius 1 is 1.30 bits per heavy atom. The van der Waals surface area contributed by atoms with Crippen LogP contribution in [0, 0.1) is 17.0 Å². The van der Waals surface area contributed by atoms with Crippen LogP contribution in [0.15, 0.2) is 40.9 Å². The largest absolute Gasteiger partial charge is 0.375 e. The summed E-state index contributed by atoms with van der Waals surface area (Å²) in [7, 11) is 0. The number of nitro groups is 1. The second kappa shape index (κ2) is 6.24. The maximum atomic E-state index is 11.0. The second-order valence-corrected chi connectivity index (χ2v) is 5.64. The van der Waals surface area contributed by atoms with Crippen molar-refractivity contribution in [2.45, 2.75) is 13.5 Å². The molecule has 20 heavy (non-hydrogen) atoms. The predicted molar refractivity (Wildman–Crippen MR) is 84.3 cm³/mol. The molecule has 6 heteroatoms. The molecule has 2 aromatic carbocycles. The van der Waals surface area contributed by atoms with Crippen molar-refractivity contribution in [3.8, 4) is 0 Å². The summed E-state index contributed by atoms with van der Waals surface area (Å²) in [4.78, 5) is 10.6. The number of rotatable bonds is 4. The molecule has 2 aromatic rings. The van der Waals surface area contributed by atoms with E-state index >= 15 is 0 Å². The average molecular weight is 356 g/mol. The number of hydrogen-bond donors (Lipinski definition) is 1. The van der Waals surface area contributed by atoms with Crippen LogP contribution < -0.4 is 5.32 Å². The highest BCUT2D eigenvalue weighted by Gasteiger charge is 2.13. The molecule has 0 amide bonds. The van der Waals surface area contributed by atoms with E-state index < -0.39 is 0 Å². The van der Waals surface area contributed by atoms with Crippen LogP contribution in [0.25, 0.3) is 0 Å². The Bertz CT molecular complexity index is 662. The van der Waals surface area contributed by atoms with Gasteiger partial charge in [-0.1, -0.05) is 23.7 Å². The fraction of sp³-hybridized carbons (Fsp3) is 0.143. The molecule has 0 atom stereocenters. The van der Waals surface area contributed by atoms with Crippen molar-refractivity contribution in [2.24, 2.45) is 0 Å². The molecule has 0 unspecified atom stereocenters. The zero-order valence-electron chi connectivity index (χ0n) is 10.7. The van der Waals surface area contributed by atoms with Crippen molar-refractivity contribution in [1.29, 1.82) is 0 Å². The van der Waals surface area contributed by atoms with Crippen molar-refractivity contribution < 1.29 is 4.92 Å². The highest BCUT2D eigenvalue weighted by atomic mass is 79.9. The molecule has 0 aromatic heterocycles. The molecule has 0 aliphatic carbocycles. The van der Waals surface area contributed by atoms with Crippen LogP contribution in [0.5, 0.6) is 0 Å². The molecular formula is C14H12BrClN2O2. The first-order chi connectivity index (χ1) is 9.47. The topological polar surface area (TPSA) is 55.2 Å². The third-order valence-corrected chi connectivity index (χ3v) is 4.03. The fourth-order valence-corrected chi connectivity index (χ4v) is 2.33. The minimum atomic E-state index is -0.382. The van der Waals surface area contributed by atoms with Crippen molar-refractivity contribution in [1.82, 2.24) is 0 Å². The average Bonchev–Trinajstić information content (AvgIpc) is 2.41. The van der Waals surface area contributed by atoms with Gasteiger partial charge in [-0.05, 0) is 52.2 Å². The molecule has 0 radical (unpaired) electrons. The van der Waals surface area contributed by atoms with Crippen LogP contribution in [0.4, 0.5) is 11.4 Å². The lowest BCUT2D eigenvalue weighted by Crippen LogP contribution is -2.03. The van der Waals surface area contributed by atoms with E-state index in [0.717, 1.165) is 15.6 Å². The van der Waals surface area contributed by atoms with Crippen LogP contribution in [0.1, 0.15) is 11.1 Å². The molecule has 104 valence electrons. The van der Waals surface area contributed by atoms with Gasteiger partial charge in [-0.15, -0.1) is 0 Å². The molecule has 0 saturated heterocycles. The highest BCUT2D eigenvalue weighted by Crippen LogP contribution is 2.27. The monoisotopic (exact) mass is 354 g/mol. The smallest absolute Gasteiger partial charge is 0.292 e. The molecule has 1 N–H and O–H groups in total. The van der Waals surface area contributed by atoms with Crippen LogP contribution in [0.3, 0.4) is 0 Å². The number of hydrogen-bond acceptors (Lipinski definition) is 3. The zero-order chi connectivity index (χ0) is 14.7. The fourth-order valence-electron chi connectivity index (χ4n) is 1.79. The van der Waals surface area contributed by atoms with Gasteiger partial charge in [0, 0.05) is 17.1 Å². The van der Waals surface area contributed by atoms with Crippen LogP contribution in [-0.4, -0.2) is 4.92 Å². The molecule has 0 saturated carbocycles. The summed E-state index contributed by atoms with van der Waals surface area (Å²) in [6, 6.07) is 10.7. The summed E-state index contributed by atoms with van der Waals surface area (Å²) in [5, 5.41) is 14.7. The Hall–Kier alpha value is -1.59. The molecule has 4 nitrogen and oxygen atoms in total. The van der Waals surface area contributed by atoms with Crippen molar-refractivity contribution >= 4 is 38.9 Å². The van der Waals surface area contributed by atoms with Gasteiger partial charge in [0.15, 0.2) is 0 Å². The quantitative estimate of drug-likeness (QED) is 0.625. The van der Waals surface area contributed by atoms with Crippen LogP contribution in [0.2, 0.25) is 5.02 Å². The van der Waals surface area contributed by atoms with Gasteiger partial charge in [-0.3, -0.25) is 10.1 Å². The Morgan fingerprint density at radius 2 is 2.05 bits per heavy atom. The van der Waals surface area contributed by atoms with E-state index in [4.69, 9.17) is 11.6 Å². The second-order valence-electron chi connectivity index (χ2n) is 4.38. The lowest BCUT2D eigenvalue weighted by atomic mass is 10.1. The number of anilines is 1. The lowest BCUT2D eigenvalue weighted by Gasteiger charge is -2.08. The first-order valence-electron chi connectivity index (χ1n) is 5.90. The van der Waals surface area contributed by atoms with Gasteiger partial charge in [-0.2, -0.15) is 0 Å². The molecule has 0 fully saturated rings. The van der Waals surface area contributed by atoms with Crippen molar-refractivity contribution in [3.05, 3.63) is 67.1 Å². The Balaban J connectivity index is 2.18. The Kier molecular flexibility index (Phi) is 4.62. The minimum Gasteiger partial charge on any atom is -0.375 e. The predicted octanol–water partition coefficient (Wildman–Crippen LogP) is 4.93. The normalized spacial score (nSPS) is 10.3. The maximum absolute atomic E-state index is 11.0. The number of nitrogens with one attached hydrogen (secondary N) is 1. The number of nitro benzene ring substituents is 1. The van der Waals surface area contributed by atoms with E-state index in [2.05, 4.69) is 21.2 Å². The van der Waals surface area contributed by atoms with Gasteiger partial charge in [0.05, 0.1) is 9.95 Å².